The lowest BCUT2D eigenvalue weighted by atomic mass is 9.54. The Morgan fingerprint density at radius 3 is 1.63 bits per heavy atom. The first kappa shape index (κ1) is 35.2. The average molecular weight is 635 g/mol. The van der Waals surface area contributed by atoms with E-state index >= 15 is 0 Å². The van der Waals surface area contributed by atoms with Crippen molar-refractivity contribution >= 4 is 11.9 Å². The highest BCUT2D eigenvalue weighted by molar-refractivity contribution is 5.81. The Bertz CT molecular complexity index is 1190. The van der Waals surface area contributed by atoms with Gasteiger partial charge < -0.3 is 28.4 Å². The van der Waals surface area contributed by atoms with Crippen molar-refractivity contribution < 1.29 is 38.0 Å². The predicted molar refractivity (Wildman–Crippen MR) is 177 cm³/mol. The molecular weight excluding hydrogens is 584 g/mol. The first-order chi connectivity index (χ1) is 22.1. The van der Waals surface area contributed by atoms with Gasteiger partial charge in [-0.1, -0.05) is 37.4 Å². The van der Waals surface area contributed by atoms with Gasteiger partial charge in [0, 0.05) is 12.2 Å². The van der Waals surface area contributed by atoms with Crippen LogP contribution in [0.15, 0.2) is 73.8 Å². The van der Waals surface area contributed by atoms with Gasteiger partial charge in [0.2, 0.25) is 0 Å². The van der Waals surface area contributed by atoms with Crippen molar-refractivity contribution in [2.75, 3.05) is 26.4 Å². The summed E-state index contributed by atoms with van der Waals surface area (Å²) in [5.41, 5.74) is 2.77. The number of ether oxygens (including phenoxy) is 6. The van der Waals surface area contributed by atoms with Crippen molar-refractivity contribution in [2.45, 2.75) is 89.6 Å². The van der Waals surface area contributed by atoms with E-state index in [1.807, 2.05) is 13.8 Å². The Morgan fingerprint density at radius 2 is 1.15 bits per heavy atom. The van der Waals surface area contributed by atoms with Crippen molar-refractivity contribution in [3.8, 4) is 11.5 Å². The number of carbonyl (C=O) groups is 2. The molecule has 2 aliphatic rings. The molecule has 2 aliphatic carbocycles. The lowest BCUT2D eigenvalue weighted by Gasteiger charge is -2.50. The van der Waals surface area contributed by atoms with Crippen molar-refractivity contribution in [1.29, 1.82) is 0 Å². The minimum Gasteiger partial charge on any atom is -0.491 e. The highest BCUT2D eigenvalue weighted by atomic mass is 16.6. The molecule has 8 heteroatoms. The first-order valence-corrected chi connectivity index (χ1v) is 16.5. The third-order valence-corrected chi connectivity index (χ3v) is 8.95. The zero-order valence-corrected chi connectivity index (χ0v) is 27.7. The topological polar surface area (TPSA) is 89.5 Å². The molecule has 2 saturated carbocycles. The summed E-state index contributed by atoms with van der Waals surface area (Å²) >= 11 is 0. The molecule has 2 fully saturated rings. The summed E-state index contributed by atoms with van der Waals surface area (Å²) in [4.78, 5) is 22.6. The molecule has 0 heterocycles. The lowest BCUT2D eigenvalue weighted by molar-refractivity contribution is -0.147. The smallest absolute Gasteiger partial charge is 0.330 e. The molecule has 0 radical (unpaired) electrons. The maximum Gasteiger partial charge on any atom is 0.330 e. The lowest BCUT2D eigenvalue weighted by Crippen LogP contribution is -2.39. The Morgan fingerprint density at radius 1 is 0.674 bits per heavy atom. The fourth-order valence-electron chi connectivity index (χ4n) is 6.38. The SMILES string of the molecule is C=CC(=O)OC(C)COC(C)COc1ccc(C2CC3CC[C@H](c4ccc(OCC(C)OCC(C)OC(=O)C=C)cc4)CC32)cc1. The number of hydrogen-bond acceptors (Lipinski definition) is 8. The minimum atomic E-state index is -0.450. The van der Waals surface area contributed by atoms with Crippen LogP contribution in [0.4, 0.5) is 0 Å². The second-order valence-corrected chi connectivity index (χ2v) is 12.7. The van der Waals surface area contributed by atoms with E-state index in [-0.39, 0.29) is 24.4 Å². The number of fused-ring (bicyclic) bond motifs is 1. The summed E-state index contributed by atoms with van der Waals surface area (Å²) in [6.45, 7) is 15.7. The zero-order valence-electron chi connectivity index (χ0n) is 27.7. The molecule has 0 aromatic heterocycles. The van der Waals surface area contributed by atoms with Gasteiger partial charge in [-0.3, -0.25) is 0 Å². The molecule has 8 atom stereocenters. The van der Waals surface area contributed by atoms with Crippen molar-refractivity contribution in [2.24, 2.45) is 11.8 Å². The van der Waals surface area contributed by atoms with Crippen LogP contribution in [0.25, 0.3) is 0 Å². The van der Waals surface area contributed by atoms with Crippen LogP contribution in [-0.4, -0.2) is 62.8 Å². The van der Waals surface area contributed by atoms with Gasteiger partial charge in [0.1, 0.15) is 36.9 Å². The van der Waals surface area contributed by atoms with Crippen molar-refractivity contribution in [1.82, 2.24) is 0 Å². The van der Waals surface area contributed by atoms with Gasteiger partial charge >= 0.3 is 11.9 Å². The summed E-state index contributed by atoms with van der Waals surface area (Å²) in [7, 11) is 0. The highest BCUT2D eigenvalue weighted by Crippen LogP contribution is 2.57. The van der Waals surface area contributed by atoms with Gasteiger partial charge in [-0.25, -0.2) is 9.59 Å². The maximum absolute atomic E-state index is 11.3. The van der Waals surface area contributed by atoms with Crippen LogP contribution in [0.1, 0.15) is 76.3 Å². The van der Waals surface area contributed by atoms with E-state index in [0.29, 0.717) is 44.2 Å². The number of rotatable bonds is 18. The second-order valence-electron chi connectivity index (χ2n) is 12.7. The van der Waals surface area contributed by atoms with Crippen LogP contribution in [0, 0.1) is 11.8 Å². The quantitative estimate of drug-likeness (QED) is 0.126. The van der Waals surface area contributed by atoms with Crippen LogP contribution in [0.5, 0.6) is 11.5 Å². The molecule has 0 spiro atoms. The van der Waals surface area contributed by atoms with E-state index < -0.39 is 11.9 Å². The molecule has 0 aliphatic heterocycles. The van der Waals surface area contributed by atoms with Crippen LogP contribution < -0.4 is 9.47 Å². The highest BCUT2D eigenvalue weighted by Gasteiger charge is 2.45. The second kappa shape index (κ2) is 17.3. The van der Waals surface area contributed by atoms with Gasteiger partial charge in [0.25, 0.3) is 0 Å². The van der Waals surface area contributed by atoms with Crippen LogP contribution >= 0.6 is 0 Å². The normalized spacial score (nSPS) is 23.0. The van der Waals surface area contributed by atoms with Gasteiger partial charge in [-0.15, -0.1) is 0 Å². The molecule has 2 aromatic carbocycles. The maximum atomic E-state index is 11.3. The summed E-state index contributed by atoms with van der Waals surface area (Å²) in [5.74, 6) is 3.43. The molecule has 8 nitrogen and oxygen atoms in total. The zero-order chi connectivity index (χ0) is 33.1. The molecule has 0 saturated heterocycles. The average Bonchev–Trinajstić information content (AvgIpc) is 3.05. The fraction of sp³-hybridized carbons (Fsp3) is 0.526. The van der Waals surface area contributed by atoms with E-state index in [2.05, 4.69) is 61.7 Å². The predicted octanol–water partition coefficient (Wildman–Crippen LogP) is 7.18. The molecule has 0 amide bonds. The molecule has 46 heavy (non-hydrogen) atoms. The molecule has 4 rings (SSSR count). The minimum absolute atomic E-state index is 0.134. The summed E-state index contributed by atoms with van der Waals surface area (Å²) in [6, 6.07) is 17.1. The van der Waals surface area contributed by atoms with E-state index in [1.165, 1.54) is 36.8 Å². The van der Waals surface area contributed by atoms with Gasteiger partial charge in [-0.05, 0) is 112 Å². The van der Waals surface area contributed by atoms with E-state index in [1.54, 1.807) is 13.8 Å². The Balaban J connectivity index is 1.18. The molecule has 0 N–H and O–H groups in total. The summed E-state index contributed by atoms with van der Waals surface area (Å²) in [6.07, 6.45) is 6.33. The Kier molecular flexibility index (Phi) is 13.3. The number of benzene rings is 2. The van der Waals surface area contributed by atoms with E-state index in [4.69, 9.17) is 28.4 Å². The third-order valence-electron chi connectivity index (χ3n) is 8.95. The standard InChI is InChI=1S/C38H50O8/c1-7-37(39)45-27(5)23-41-25(3)21-43-33-15-11-29(12-16-33)31-9-10-32-20-35(36(32)19-31)30-13-17-34(18-14-30)44-22-26(4)42-24-28(6)46-38(40)8-2/h7-8,11-18,25-28,31-32,35-36H,1-2,9-10,19-24H2,3-6H3/t25?,26?,27?,28?,31-,32?,35?,36?/m0/s1. The summed E-state index contributed by atoms with van der Waals surface area (Å²) < 4.78 is 33.7. The Labute approximate surface area is 274 Å². The molecule has 2 aromatic rings. The van der Waals surface area contributed by atoms with Crippen LogP contribution in [0.2, 0.25) is 0 Å². The van der Waals surface area contributed by atoms with Crippen molar-refractivity contribution in [3.63, 3.8) is 0 Å². The van der Waals surface area contributed by atoms with Gasteiger partial charge in [-0.2, -0.15) is 0 Å². The molecule has 7 unspecified atom stereocenters. The number of hydrogen-bond donors (Lipinski definition) is 0. The fourth-order valence-corrected chi connectivity index (χ4v) is 6.38. The monoisotopic (exact) mass is 634 g/mol. The van der Waals surface area contributed by atoms with Gasteiger partial charge in [0.15, 0.2) is 0 Å². The Hall–Kier alpha value is -3.62. The molecular formula is C38H50O8. The largest absolute Gasteiger partial charge is 0.491 e. The molecule has 250 valence electrons. The van der Waals surface area contributed by atoms with Crippen LogP contribution in [0.3, 0.4) is 0 Å². The summed E-state index contributed by atoms with van der Waals surface area (Å²) in [5, 5.41) is 0. The number of esters is 2. The van der Waals surface area contributed by atoms with E-state index in [9.17, 15) is 9.59 Å². The van der Waals surface area contributed by atoms with Crippen LogP contribution in [-0.2, 0) is 28.5 Å². The number of carbonyl (C=O) groups excluding carboxylic acids is 2. The van der Waals surface area contributed by atoms with Crippen molar-refractivity contribution in [3.05, 3.63) is 85.0 Å². The van der Waals surface area contributed by atoms with Gasteiger partial charge in [0.05, 0.1) is 25.4 Å². The third kappa shape index (κ3) is 10.5. The molecule has 0 bridgehead atoms. The first-order valence-electron chi connectivity index (χ1n) is 16.5. The van der Waals surface area contributed by atoms with E-state index in [0.717, 1.165) is 29.6 Å².